The van der Waals surface area contributed by atoms with Crippen LogP contribution in [-0.2, 0) is 4.74 Å². The Balaban J connectivity index is 1.91. The molecule has 0 aliphatic carbocycles. The van der Waals surface area contributed by atoms with Gasteiger partial charge in [0, 0.05) is 36.5 Å². The number of methoxy groups -OCH3 is 1. The highest BCUT2D eigenvalue weighted by Gasteiger charge is 2.13. The molecule has 0 saturated carbocycles. The fourth-order valence-electron chi connectivity index (χ4n) is 2.64. The summed E-state index contributed by atoms with van der Waals surface area (Å²) in [6.07, 6.45) is 0. The molecular weight excluding hydrogens is 368 g/mol. The Labute approximate surface area is 169 Å². The number of ether oxygens (including phenoxy) is 1. The van der Waals surface area contributed by atoms with E-state index in [9.17, 15) is 9.59 Å². The van der Waals surface area contributed by atoms with Crippen LogP contribution in [0.15, 0.2) is 60.7 Å². The molecule has 0 aliphatic rings. The number of amides is 1. The predicted octanol–water partition coefficient (Wildman–Crippen LogP) is 3.47. The molecule has 3 rings (SSSR count). The van der Waals surface area contributed by atoms with E-state index in [-0.39, 0.29) is 17.4 Å². The van der Waals surface area contributed by atoms with Crippen molar-refractivity contribution in [2.45, 2.75) is 6.92 Å². The van der Waals surface area contributed by atoms with E-state index in [0.717, 1.165) is 11.3 Å². The highest BCUT2D eigenvalue weighted by atomic mass is 16.5. The molecule has 0 radical (unpaired) electrons. The molecule has 0 spiro atoms. The first-order chi connectivity index (χ1) is 14.1. The van der Waals surface area contributed by atoms with Crippen LogP contribution in [0.4, 0.5) is 11.5 Å². The first-order valence-corrected chi connectivity index (χ1v) is 9.16. The molecule has 3 aromatic rings. The summed E-state index contributed by atoms with van der Waals surface area (Å²) in [5.41, 5.74) is 2.42. The van der Waals surface area contributed by atoms with Crippen molar-refractivity contribution in [3.05, 3.63) is 71.9 Å². The van der Waals surface area contributed by atoms with Gasteiger partial charge < -0.3 is 15.4 Å². The number of rotatable bonds is 8. The van der Waals surface area contributed by atoms with Gasteiger partial charge in [-0.1, -0.05) is 30.3 Å². The Morgan fingerprint density at radius 2 is 1.72 bits per heavy atom. The summed E-state index contributed by atoms with van der Waals surface area (Å²) in [6, 6.07) is 18.1. The molecule has 7 heteroatoms. The van der Waals surface area contributed by atoms with Crippen LogP contribution in [0.25, 0.3) is 11.4 Å². The Morgan fingerprint density at radius 3 is 2.38 bits per heavy atom. The van der Waals surface area contributed by atoms with E-state index in [4.69, 9.17) is 4.74 Å². The molecule has 0 bridgehead atoms. The van der Waals surface area contributed by atoms with Crippen LogP contribution in [-0.4, -0.2) is 41.9 Å². The highest BCUT2D eigenvalue weighted by Crippen LogP contribution is 2.21. The minimum atomic E-state index is -0.309. The Hall–Kier alpha value is -3.58. The molecule has 1 aromatic heterocycles. The van der Waals surface area contributed by atoms with Crippen molar-refractivity contribution in [1.82, 2.24) is 15.3 Å². The molecule has 7 nitrogen and oxygen atoms in total. The Kier molecular flexibility index (Phi) is 6.65. The molecule has 2 aromatic carbocycles. The molecule has 148 valence electrons. The van der Waals surface area contributed by atoms with Crippen LogP contribution in [0, 0.1) is 0 Å². The number of carbonyl (C=O) groups excluding carboxylic acids is 2. The van der Waals surface area contributed by atoms with Crippen molar-refractivity contribution in [2.75, 3.05) is 25.6 Å². The summed E-state index contributed by atoms with van der Waals surface area (Å²) in [5, 5.41) is 5.95. The monoisotopic (exact) mass is 390 g/mol. The third-order valence-electron chi connectivity index (χ3n) is 4.15. The average Bonchev–Trinajstić information content (AvgIpc) is 2.74. The fourth-order valence-corrected chi connectivity index (χ4v) is 2.64. The fraction of sp³-hybridized carbons (Fsp3) is 0.182. The van der Waals surface area contributed by atoms with Crippen molar-refractivity contribution < 1.29 is 14.3 Å². The number of carbonyl (C=O) groups is 2. The molecule has 0 unspecified atom stereocenters. The summed E-state index contributed by atoms with van der Waals surface area (Å²) in [6.45, 7) is 2.32. The molecule has 0 saturated heterocycles. The van der Waals surface area contributed by atoms with Gasteiger partial charge in [-0.15, -0.1) is 0 Å². The lowest BCUT2D eigenvalue weighted by Gasteiger charge is -2.11. The number of benzene rings is 2. The van der Waals surface area contributed by atoms with Crippen LogP contribution in [0.1, 0.15) is 27.8 Å². The van der Waals surface area contributed by atoms with Gasteiger partial charge in [-0.2, -0.15) is 0 Å². The molecule has 1 heterocycles. The third kappa shape index (κ3) is 5.46. The Morgan fingerprint density at radius 1 is 1.00 bits per heavy atom. The summed E-state index contributed by atoms with van der Waals surface area (Å²) in [7, 11) is 1.57. The maximum Gasteiger partial charge on any atom is 0.270 e. The summed E-state index contributed by atoms with van der Waals surface area (Å²) >= 11 is 0. The number of aromatic nitrogens is 2. The standard InChI is InChI=1S/C22H22N4O3/c1-15(27)16-8-10-18(11-9-16)24-20-14-19(22(28)23-12-13-29-2)25-21(26-20)17-6-4-3-5-7-17/h3-11,14H,12-13H2,1-2H3,(H,23,28)(H,24,25,26). The second-order valence-corrected chi connectivity index (χ2v) is 6.34. The predicted molar refractivity (Wildman–Crippen MR) is 111 cm³/mol. The summed E-state index contributed by atoms with van der Waals surface area (Å²) in [5.74, 6) is 0.607. The summed E-state index contributed by atoms with van der Waals surface area (Å²) in [4.78, 5) is 32.9. The van der Waals surface area contributed by atoms with Crippen LogP contribution >= 0.6 is 0 Å². The van der Waals surface area contributed by atoms with Gasteiger partial charge in [0.15, 0.2) is 11.6 Å². The minimum Gasteiger partial charge on any atom is -0.383 e. The van der Waals surface area contributed by atoms with Crippen molar-refractivity contribution in [1.29, 1.82) is 0 Å². The molecule has 0 atom stereocenters. The van der Waals surface area contributed by atoms with E-state index in [1.165, 1.54) is 6.92 Å². The van der Waals surface area contributed by atoms with Gasteiger partial charge in [0.1, 0.15) is 11.5 Å². The number of ketones is 1. The second-order valence-electron chi connectivity index (χ2n) is 6.34. The maximum atomic E-state index is 12.5. The van der Waals surface area contributed by atoms with Gasteiger partial charge in [0.25, 0.3) is 5.91 Å². The van der Waals surface area contributed by atoms with Crippen molar-refractivity contribution in [3.63, 3.8) is 0 Å². The lowest BCUT2D eigenvalue weighted by molar-refractivity contribution is 0.0931. The quantitative estimate of drug-likeness (QED) is 0.452. The molecular formula is C22H22N4O3. The SMILES string of the molecule is COCCNC(=O)c1cc(Nc2ccc(C(C)=O)cc2)nc(-c2ccccc2)n1. The van der Waals surface area contributed by atoms with Gasteiger partial charge in [0.2, 0.25) is 0 Å². The zero-order valence-corrected chi connectivity index (χ0v) is 16.3. The normalized spacial score (nSPS) is 10.4. The average molecular weight is 390 g/mol. The van der Waals surface area contributed by atoms with E-state index in [1.54, 1.807) is 37.4 Å². The molecule has 29 heavy (non-hydrogen) atoms. The first kappa shape index (κ1) is 20.2. The van der Waals surface area contributed by atoms with E-state index < -0.39 is 0 Å². The van der Waals surface area contributed by atoms with Gasteiger partial charge in [-0.3, -0.25) is 9.59 Å². The number of Topliss-reactive ketones (excluding diaryl/α,β-unsaturated/α-hetero) is 1. The maximum absolute atomic E-state index is 12.5. The zero-order chi connectivity index (χ0) is 20.6. The lowest BCUT2D eigenvalue weighted by atomic mass is 10.1. The van der Waals surface area contributed by atoms with Crippen molar-refractivity contribution >= 4 is 23.2 Å². The van der Waals surface area contributed by atoms with Crippen LogP contribution in [0.5, 0.6) is 0 Å². The topological polar surface area (TPSA) is 93.2 Å². The van der Waals surface area contributed by atoms with Crippen molar-refractivity contribution in [3.8, 4) is 11.4 Å². The summed E-state index contributed by atoms with van der Waals surface area (Å²) < 4.78 is 4.97. The Bertz CT molecular complexity index is 989. The number of nitrogens with one attached hydrogen (secondary N) is 2. The minimum absolute atomic E-state index is 0.0000314. The van der Waals surface area contributed by atoms with Crippen molar-refractivity contribution in [2.24, 2.45) is 0 Å². The molecule has 1 amide bonds. The van der Waals surface area contributed by atoms with E-state index in [0.29, 0.717) is 30.4 Å². The zero-order valence-electron chi connectivity index (χ0n) is 16.3. The van der Waals surface area contributed by atoms with E-state index in [1.807, 2.05) is 30.3 Å². The second kappa shape index (κ2) is 9.57. The largest absolute Gasteiger partial charge is 0.383 e. The van der Waals surface area contributed by atoms with Crippen LogP contribution in [0.3, 0.4) is 0 Å². The van der Waals surface area contributed by atoms with E-state index >= 15 is 0 Å². The van der Waals surface area contributed by atoms with Gasteiger partial charge in [-0.05, 0) is 31.2 Å². The molecule has 0 fully saturated rings. The third-order valence-corrected chi connectivity index (χ3v) is 4.15. The van der Waals surface area contributed by atoms with Gasteiger partial charge in [-0.25, -0.2) is 9.97 Å². The smallest absolute Gasteiger partial charge is 0.270 e. The molecule has 0 aliphatic heterocycles. The number of nitrogens with zero attached hydrogens (tertiary/aromatic N) is 2. The first-order valence-electron chi connectivity index (χ1n) is 9.16. The number of anilines is 2. The van der Waals surface area contributed by atoms with E-state index in [2.05, 4.69) is 20.6 Å². The number of hydrogen-bond acceptors (Lipinski definition) is 6. The van der Waals surface area contributed by atoms with Gasteiger partial charge >= 0.3 is 0 Å². The van der Waals surface area contributed by atoms with Crippen LogP contribution in [0.2, 0.25) is 0 Å². The van der Waals surface area contributed by atoms with Gasteiger partial charge in [0.05, 0.1) is 6.61 Å². The number of hydrogen-bond donors (Lipinski definition) is 2. The molecule has 2 N–H and O–H groups in total. The van der Waals surface area contributed by atoms with Crippen LogP contribution < -0.4 is 10.6 Å². The lowest BCUT2D eigenvalue weighted by Crippen LogP contribution is -2.28. The highest BCUT2D eigenvalue weighted by molar-refractivity contribution is 5.95.